The van der Waals surface area contributed by atoms with Crippen LogP contribution in [-0.4, -0.2) is 61.2 Å². The van der Waals surface area contributed by atoms with Gasteiger partial charge in [-0.15, -0.1) is 0 Å². The molecule has 0 aromatic carbocycles. The number of morpholine rings is 1. The van der Waals surface area contributed by atoms with Gasteiger partial charge < -0.3 is 4.74 Å². The van der Waals surface area contributed by atoms with E-state index in [2.05, 4.69) is 15.9 Å². The molecule has 0 saturated carbocycles. The molecule has 0 aliphatic carbocycles. The zero-order valence-corrected chi connectivity index (χ0v) is 12.3. The fourth-order valence-electron chi connectivity index (χ4n) is 1.44. The average Bonchev–Trinajstić information content (AvgIpc) is 2.27. The third-order valence-electron chi connectivity index (χ3n) is 2.69. The van der Waals surface area contributed by atoms with E-state index in [0.717, 1.165) is 0 Å². The Bertz CT molecular complexity index is 321. The summed E-state index contributed by atoms with van der Waals surface area (Å²) in [4.78, 5) is 0. The van der Waals surface area contributed by atoms with Crippen molar-refractivity contribution in [3.63, 3.8) is 0 Å². The van der Waals surface area contributed by atoms with E-state index in [1.54, 1.807) is 7.05 Å². The zero-order valence-electron chi connectivity index (χ0n) is 9.89. The van der Waals surface area contributed by atoms with Gasteiger partial charge in [-0.2, -0.15) is 17.0 Å². The van der Waals surface area contributed by atoms with Gasteiger partial charge in [-0.1, -0.05) is 15.9 Å². The first-order valence-corrected chi connectivity index (χ1v) is 7.82. The Balaban J connectivity index is 2.75. The second-order valence-electron chi connectivity index (χ2n) is 4.12. The molecule has 1 aliphatic heterocycles. The van der Waals surface area contributed by atoms with Gasteiger partial charge in [-0.05, 0) is 13.8 Å². The van der Waals surface area contributed by atoms with Crippen LogP contribution in [0.3, 0.4) is 0 Å². The van der Waals surface area contributed by atoms with Gasteiger partial charge in [-0.25, -0.2) is 0 Å². The Morgan fingerprint density at radius 1 is 1.56 bits per heavy atom. The molecular weight excluding hydrogens is 296 g/mol. The van der Waals surface area contributed by atoms with Gasteiger partial charge in [0.15, 0.2) is 0 Å². The zero-order chi connectivity index (χ0) is 12.3. The van der Waals surface area contributed by atoms with Crippen molar-refractivity contribution in [2.75, 3.05) is 32.1 Å². The molecule has 96 valence electrons. The van der Waals surface area contributed by atoms with Gasteiger partial charge in [0.25, 0.3) is 10.2 Å². The first kappa shape index (κ1) is 14.4. The lowest BCUT2D eigenvalue weighted by atomic mass is 10.3. The van der Waals surface area contributed by atoms with Gasteiger partial charge in [0.05, 0.1) is 12.7 Å². The third-order valence-corrected chi connectivity index (χ3v) is 5.55. The van der Waals surface area contributed by atoms with E-state index in [1.165, 1.54) is 8.61 Å². The Morgan fingerprint density at radius 3 is 2.69 bits per heavy atom. The summed E-state index contributed by atoms with van der Waals surface area (Å²) in [6.07, 6.45) is -0.0518. The summed E-state index contributed by atoms with van der Waals surface area (Å²) in [5.41, 5.74) is 0. The van der Waals surface area contributed by atoms with Crippen LogP contribution in [0.4, 0.5) is 0 Å². The minimum absolute atomic E-state index is 0.0322. The second kappa shape index (κ2) is 5.77. The molecule has 1 aliphatic rings. The van der Waals surface area contributed by atoms with Crippen LogP contribution in [0, 0.1) is 0 Å². The molecule has 7 heteroatoms. The van der Waals surface area contributed by atoms with Gasteiger partial charge >= 0.3 is 0 Å². The van der Waals surface area contributed by atoms with Crippen LogP contribution in [0.2, 0.25) is 0 Å². The standard InChI is InChI=1S/C9H19BrN2O3S/c1-8(2)11(3)16(13,14)12-4-5-15-9(6-10)7-12/h8-9H,4-7H2,1-3H3. The van der Waals surface area contributed by atoms with E-state index in [1.807, 2.05) is 13.8 Å². The summed E-state index contributed by atoms with van der Waals surface area (Å²) in [5, 5.41) is 0.657. The fraction of sp³-hybridized carbons (Fsp3) is 1.00. The van der Waals surface area contributed by atoms with Crippen molar-refractivity contribution in [3.8, 4) is 0 Å². The van der Waals surface area contributed by atoms with Crippen molar-refractivity contribution in [1.29, 1.82) is 0 Å². The molecule has 1 fully saturated rings. The summed E-state index contributed by atoms with van der Waals surface area (Å²) in [6, 6.07) is -0.0322. The summed E-state index contributed by atoms with van der Waals surface area (Å²) in [6.45, 7) is 5.04. The Hall–Kier alpha value is 0.310. The molecule has 0 radical (unpaired) electrons. The van der Waals surface area contributed by atoms with E-state index in [0.29, 0.717) is 25.0 Å². The largest absolute Gasteiger partial charge is 0.375 e. The highest BCUT2D eigenvalue weighted by Crippen LogP contribution is 2.15. The molecule has 0 aromatic heterocycles. The maximum Gasteiger partial charge on any atom is 0.282 e. The summed E-state index contributed by atoms with van der Waals surface area (Å²) in [7, 11) is -1.73. The van der Waals surface area contributed by atoms with Crippen LogP contribution < -0.4 is 0 Å². The molecule has 16 heavy (non-hydrogen) atoms. The quantitative estimate of drug-likeness (QED) is 0.717. The molecule has 1 saturated heterocycles. The highest BCUT2D eigenvalue weighted by molar-refractivity contribution is 9.09. The van der Waals surface area contributed by atoms with Crippen molar-refractivity contribution in [2.45, 2.75) is 26.0 Å². The molecule has 1 heterocycles. The number of hydrogen-bond donors (Lipinski definition) is 0. The number of hydrogen-bond acceptors (Lipinski definition) is 3. The molecular formula is C9H19BrN2O3S. The lowest BCUT2D eigenvalue weighted by molar-refractivity contribution is 0.0117. The Kier molecular flexibility index (Phi) is 5.18. The molecule has 1 rings (SSSR count). The molecule has 0 spiro atoms. The predicted molar refractivity (Wildman–Crippen MR) is 66.9 cm³/mol. The minimum Gasteiger partial charge on any atom is -0.375 e. The normalized spacial score (nSPS) is 24.2. The van der Waals surface area contributed by atoms with E-state index in [4.69, 9.17) is 4.74 Å². The van der Waals surface area contributed by atoms with E-state index in [9.17, 15) is 8.42 Å². The maximum atomic E-state index is 12.2. The summed E-state index contributed by atoms with van der Waals surface area (Å²) >= 11 is 3.31. The monoisotopic (exact) mass is 314 g/mol. The first-order valence-electron chi connectivity index (χ1n) is 5.30. The molecule has 0 aromatic rings. The predicted octanol–water partition coefficient (Wildman–Crippen LogP) is 0.667. The van der Waals surface area contributed by atoms with E-state index in [-0.39, 0.29) is 12.1 Å². The fourth-order valence-corrected chi connectivity index (χ4v) is 3.39. The van der Waals surface area contributed by atoms with Gasteiger partial charge in [0.1, 0.15) is 0 Å². The maximum absolute atomic E-state index is 12.2. The second-order valence-corrected chi connectivity index (χ2v) is 6.76. The van der Waals surface area contributed by atoms with Crippen LogP contribution in [0.25, 0.3) is 0 Å². The van der Waals surface area contributed by atoms with E-state index < -0.39 is 10.2 Å². The minimum atomic E-state index is -3.34. The van der Waals surface area contributed by atoms with E-state index >= 15 is 0 Å². The van der Waals surface area contributed by atoms with Crippen LogP contribution in [-0.2, 0) is 14.9 Å². The third kappa shape index (κ3) is 3.16. The van der Waals surface area contributed by atoms with Crippen LogP contribution >= 0.6 is 15.9 Å². The topological polar surface area (TPSA) is 49.9 Å². The molecule has 1 unspecified atom stereocenters. The number of rotatable bonds is 4. The van der Waals surface area contributed by atoms with Crippen molar-refractivity contribution < 1.29 is 13.2 Å². The van der Waals surface area contributed by atoms with Gasteiger partial charge in [0.2, 0.25) is 0 Å². The number of halogens is 1. The van der Waals surface area contributed by atoms with Gasteiger partial charge in [-0.3, -0.25) is 0 Å². The van der Waals surface area contributed by atoms with Gasteiger partial charge in [0, 0.05) is 31.5 Å². The van der Waals surface area contributed by atoms with Crippen molar-refractivity contribution in [2.24, 2.45) is 0 Å². The van der Waals surface area contributed by atoms with Crippen LogP contribution in [0.5, 0.6) is 0 Å². The van der Waals surface area contributed by atoms with Crippen molar-refractivity contribution in [3.05, 3.63) is 0 Å². The summed E-state index contributed by atoms with van der Waals surface area (Å²) in [5.74, 6) is 0. The lowest BCUT2D eigenvalue weighted by Gasteiger charge is -2.35. The van der Waals surface area contributed by atoms with Crippen molar-refractivity contribution >= 4 is 26.1 Å². The number of nitrogens with zero attached hydrogens (tertiary/aromatic N) is 2. The molecule has 5 nitrogen and oxygen atoms in total. The molecule has 0 amide bonds. The average molecular weight is 315 g/mol. The molecule has 0 N–H and O–H groups in total. The highest BCUT2D eigenvalue weighted by Gasteiger charge is 2.32. The number of alkyl halides is 1. The molecule has 1 atom stereocenters. The Morgan fingerprint density at radius 2 is 2.19 bits per heavy atom. The lowest BCUT2D eigenvalue weighted by Crippen LogP contribution is -2.52. The van der Waals surface area contributed by atoms with Crippen molar-refractivity contribution in [1.82, 2.24) is 8.61 Å². The van der Waals surface area contributed by atoms with Crippen LogP contribution in [0.1, 0.15) is 13.8 Å². The molecule has 0 bridgehead atoms. The van der Waals surface area contributed by atoms with Crippen LogP contribution in [0.15, 0.2) is 0 Å². The summed E-state index contributed by atoms with van der Waals surface area (Å²) < 4.78 is 32.6. The Labute approximate surface area is 106 Å². The number of ether oxygens (including phenoxy) is 1. The SMILES string of the molecule is CC(C)N(C)S(=O)(=O)N1CCOC(CBr)C1. The smallest absolute Gasteiger partial charge is 0.282 e. The highest BCUT2D eigenvalue weighted by atomic mass is 79.9. The first-order chi connectivity index (χ1) is 7.39.